The molecule has 2 aromatic rings. The lowest BCUT2D eigenvalue weighted by molar-refractivity contribution is -0.122. The number of thioether (sulfide) groups is 1. The van der Waals surface area contributed by atoms with Gasteiger partial charge in [-0.15, -0.1) is 0 Å². The Labute approximate surface area is 171 Å². The van der Waals surface area contributed by atoms with Crippen LogP contribution < -0.4 is 4.74 Å². The van der Waals surface area contributed by atoms with Gasteiger partial charge in [-0.2, -0.15) is 0 Å². The van der Waals surface area contributed by atoms with E-state index in [0.29, 0.717) is 17.4 Å². The second-order valence-corrected chi connectivity index (χ2v) is 8.41. The van der Waals surface area contributed by atoms with Crippen LogP contribution in [0.3, 0.4) is 0 Å². The fraction of sp³-hybridized carbons (Fsp3) is 0.364. The minimum absolute atomic E-state index is 0.0202. The molecule has 6 heteroatoms. The van der Waals surface area contributed by atoms with E-state index in [2.05, 4.69) is 38.3 Å². The van der Waals surface area contributed by atoms with E-state index in [4.69, 9.17) is 9.73 Å². The van der Waals surface area contributed by atoms with Crippen molar-refractivity contribution in [3.63, 3.8) is 0 Å². The summed E-state index contributed by atoms with van der Waals surface area (Å²) >= 11 is 1.44. The Kier molecular flexibility index (Phi) is 5.98. The Balaban J connectivity index is 1.96. The van der Waals surface area contributed by atoms with Crippen molar-refractivity contribution in [3.8, 4) is 5.75 Å². The lowest BCUT2D eigenvalue weighted by Crippen LogP contribution is -2.32. The van der Waals surface area contributed by atoms with Crippen LogP contribution in [0.2, 0.25) is 0 Å². The van der Waals surface area contributed by atoms with Gasteiger partial charge in [0.15, 0.2) is 5.17 Å². The molecule has 0 saturated carbocycles. The summed E-state index contributed by atoms with van der Waals surface area (Å²) in [5, 5.41) is 0.723. The fourth-order valence-corrected chi connectivity index (χ4v) is 4.06. The molecule has 2 heterocycles. The zero-order chi connectivity index (χ0) is 20.4. The Morgan fingerprint density at radius 3 is 2.43 bits per heavy atom. The first-order valence-electron chi connectivity index (χ1n) is 9.37. The van der Waals surface area contributed by atoms with Crippen molar-refractivity contribution < 1.29 is 9.53 Å². The lowest BCUT2D eigenvalue weighted by atomic mass is 10.2. The van der Waals surface area contributed by atoms with E-state index >= 15 is 0 Å². The summed E-state index contributed by atoms with van der Waals surface area (Å²) in [5.74, 6) is 1.16. The van der Waals surface area contributed by atoms with Crippen molar-refractivity contribution in [1.82, 2.24) is 9.47 Å². The molecule has 0 unspecified atom stereocenters. The normalized spacial score (nSPS) is 17.4. The minimum Gasteiger partial charge on any atom is -0.497 e. The number of amidine groups is 1. The van der Waals surface area contributed by atoms with Gasteiger partial charge in [0.05, 0.1) is 17.7 Å². The van der Waals surface area contributed by atoms with E-state index in [0.717, 1.165) is 27.9 Å². The molecule has 1 aliphatic heterocycles. The maximum Gasteiger partial charge on any atom is 0.266 e. The van der Waals surface area contributed by atoms with Crippen LogP contribution in [0, 0.1) is 19.8 Å². The summed E-state index contributed by atoms with van der Waals surface area (Å²) < 4.78 is 7.34. The van der Waals surface area contributed by atoms with E-state index in [1.54, 1.807) is 12.0 Å². The van der Waals surface area contributed by atoms with Crippen LogP contribution in [0.5, 0.6) is 5.75 Å². The first kappa shape index (κ1) is 20.3. The van der Waals surface area contributed by atoms with Crippen LogP contribution in [0.15, 0.2) is 40.2 Å². The molecular formula is C22H27N3O2S. The molecule has 1 fully saturated rings. The molecule has 1 aliphatic rings. The summed E-state index contributed by atoms with van der Waals surface area (Å²) in [4.78, 5) is 20.3. The zero-order valence-electron chi connectivity index (χ0n) is 17.3. The zero-order valence-corrected chi connectivity index (χ0v) is 18.1. The molecule has 5 nitrogen and oxygen atoms in total. The number of carbonyl (C=O) groups is 1. The molecule has 0 spiro atoms. The number of hydrogen-bond acceptors (Lipinski definition) is 4. The van der Waals surface area contributed by atoms with Gasteiger partial charge in [-0.3, -0.25) is 9.69 Å². The Morgan fingerprint density at radius 2 is 1.89 bits per heavy atom. The fourth-order valence-electron chi connectivity index (χ4n) is 3.06. The van der Waals surface area contributed by atoms with E-state index in [9.17, 15) is 4.79 Å². The predicted molar refractivity (Wildman–Crippen MR) is 117 cm³/mol. The van der Waals surface area contributed by atoms with Gasteiger partial charge in [0.25, 0.3) is 5.91 Å². The van der Waals surface area contributed by atoms with Gasteiger partial charge < -0.3 is 9.30 Å². The van der Waals surface area contributed by atoms with Crippen LogP contribution in [0.25, 0.3) is 6.08 Å². The monoisotopic (exact) mass is 397 g/mol. The van der Waals surface area contributed by atoms with E-state index < -0.39 is 0 Å². The third kappa shape index (κ3) is 4.17. The van der Waals surface area contributed by atoms with Gasteiger partial charge in [0.1, 0.15) is 5.75 Å². The number of ether oxygens (including phenoxy) is 1. The second kappa shape index (κ2) is 8.27. The lowest BCUT2D eigenvalue weighted by Gasteiger charge is -2.17. The molecule has 0 atom stereocenters. The molecule has 1 aromatic carbocycles. The van der Waals surface area contributed by atoms with Gasteiger partial charge in [-0.1, -0.05) is 13.8 Å². The number of rotatable bonds is 5. The minimum atomic E-state index is 0.0202. The molecular weight excluding hydrogens is 370 g/mol. The van der Waals surface area contributed by atoms with Gasteiger partial charge >= 0.3 is 0 Å². The van der Waals surface area contributed by atoms with Crippen molar-refractivity contribution in [1.29, 1.82) is 0 Å². The Morgan fingerprint density at radius 1 is 1.21 bits per heavy atom. The topological polar surface area (TPSA) is 46.8 Å². The third-order valence-corrected chi connectivity index (χ3v) is 5.84. The number of aliphatic imine (C=N–C) groups is 1. The SMILES string of the molecule is COc1ccc(N=C2S/C(=C\c3cc(C)n(C)c3C)C(=O)N2CC(C)C)cc1. The van der Waals surface area contributed by atoms with Gasteiger partial charge in [0, 0.05) is 25.0 Å². The number of benzene rings is 1. The van der Waals surface area contributed by atoms with Crippen molar-refractivity contribution in [2.75, 3.05) is 13.7 Å². The summed E-state index contributed by atoms with van der Waals surface area (Å²) in [6, 6.07) is 9.66. The second-order valence-electron chi connectivity index (χ2n) is 7.40. The molecule has 0 aliphatic carbocycles. The molecule has 1 saturated heterocycles. The first-order chi connectivity index (χ1) is 13.3. The van der Waals surface area contributed by atoms with Crippen molar-refractivity contribution in [2.24, 2.45) is 18.0 Å². The number of carbonyl (C=O) groups excluding carboxylic acids is 1. The van der Waals surface area contributed by atoms with Crippen LogP contribution in [-0.2, 0) is 11.8 Å². The predicted octanol–water partition coefficient (Wildman–Crippen LogP) is 4.91. The van der Waals surface area contributed by atoms with Crippen LogP contribution >= 0.6 is 11.8 Å². The van der Waals surface area contributed by atoms with E-state index in [-0.39, 0.29) is 5.91 Å². The highest BCUT2D eigenvalue weighted by molar-refractivity contribution is 8.18. The standard InChI is InChI=1S/C22H27N3O2S/c1-14(2)13-25-21(26)20(12-17-11-15(3)24(5)16(17)4)28-22(25)23-18-7-9-19(27-6)10-8-18/h7-12,14H,13H2,1-6H3/b20-12-,23-22?. The summed E-state index contributed by atoms with van der Waals surface area (Å²) in [6.45, 7) is 9.00. The van der Waals surface area contributed by atoms with Gasteiger partial charge in [-0.25, -0.2) is 4.99 Å². The number of methoxy groups -OCH3 is 1. The van der Waals surface area contributed by atoms with Crippen molar-refractivity contribution >= 4 is 34.6 Å². The number of aryl methyl sites for hydroxylation is 1. The van der Waals surface area contributed by atoms with Crippen LogP contribution in [0.4, 0.5) is 5.69 Å². The number of aromatic nitrogens is 1. The Hall–Kier alpha value is -2.47. The maximum atomic E-state index is 13.1. The maximum absolute atomic E-state index is 13.1. The smallest absolute Gasteiger partial charge is 0.266 e. The molecule has 0 N–H and O–H groups in total. The van der Waals surface area contributed by atoms with Crippen LogP contribution in [-0.4, -0.2) is 34.2 Å². The van der Waals surface area contributed by atoms with Crippen molar-refractivity contribution in [2.45, 2.75) is 27.7 Å². The molecule has 1 aromatic heterocycles. The molecule has 28 heavy (non-hydrogen) atoms. The number of hydrogen-bond donors (Lipinski definition) is 0. The summed E-state index contributed by atoms with van der Waals surface area (Å²) in [5.41, 5.74) is 4.20. The quantitative estimate of drug-likeness (QED) is 0.674. The highest BCUT2D eigenvalue weighted by Gasteiger charge is 2.34. The largest absolute Gasteiger partial charge is 0.497 e. The molecule has 148 valence electrons. The van der Waals surface area contributed by atoms with E-state index in [1.165, 1.54) is 17.5 Å². The molecule has 3 rings (SSSR count). The van der Waals surface area contributed by atoms with E-state index in [1.807, 2.05) is 37.4 Å². The molecule has 1 amide bonds. The first-order valence-corrected chi connectivity index (χ1v) is 10.2. The average Bonchev–Trinajstić information content (AvgIpc) is 3.07. The van der Waals surface area contributed by atoms with Gasteiger partial charge in [0.2, 0.25) is 0 Å². The number of amides is 1. The highest BCUT2D eigenvalue weighted by atomic mass is 32.2. The highest BCUT2D eigenvalue weighted by Crippen LogP contribution is 2.35. The number of nitrogens with zero attached hydrogens (tertiary/aromatic N) is 3. The third-order valence-electron chi connectivity index (χ3n) is 4.83. The summed E-state index contributed by atoms with van der Waals surface area (Å²) in [6.07, 6.45) is 1.99. The van der Waals surface area contributed by atoms with Crippen LogP contribution in [0.1, 0.15) is 30.8 Å². The van der Waals surface area contributed by atoms with Crippen molar-refractivity contribution in [3.05, 3.63) is 52.2 Å². The molecule has 0 radical (unpaired) electrons. The Bertz CT molecular complexity index is 939. The summed E-state index contributed by atoms with van der Waals surface area (Å²) in [7, 11) is 3.68. The average molecular weight is 398 g/mol. The molecule has 0 bridgehead atoms. The van der Waals surface area contributed by atoms with Gasteiger partial charge in [-0.05, 0) is 73.5 Å².